The second-order valence-corrected chi connectivity index (χ2v) is 10.4. The van der Waals surface area contributed by atoms with Gasteiger partial charge in [0.05, 0.1) is 23.5 Å². The predicted octanol–water partition coefficient (Wildman–Crippen LogP) is 6.67. The summed E-state index contributed by atoms with van der Waals surface area (Å²) in [6.07, 6.45) is 0.937. The van der Waals surface area contributed by atoms with Crippen LogP contribution >= 0.6 is 0 Å². The second-order valence-electron chi connectivity index (χ2n) is 10.4. The van der Waals surface area contributed by atoms with Crippen LogP contribution in [0.5, 0.6) is 0 Å². The molecule has 10 heteroatoms. The molecule has 0 saturated heterocycles. The molecule has 1 saturated carbocycles. The monoisotopic (exact) mass is 551 g/mol. The molecule has 5 rings (SSSR count). The van der Waals surface area contributed by atoms with E-state index in [2.05, 4.69) is 20.1 Å². The Kier molecular flexibility index (Phi) is 7.53. The van der Waals surface area contributed by atoms with E-state index in [1.807, 2.05) is 19.9 Å². The van der Waals surface area contributed by atoms with Crippen molar-refractivity contribution in [2.75, 3.05) is 0 Å². The van der Waals surface area contributed by atoms with Crippen LogP contribution in [0.2, 0.25) is 0 Å². The molecule has 1 aliphatic carbocycles. The van der Waals surface area contributed by atoms with Crippen LogP contribution in [0.25, 0.3) is 11.4 Å². The SMILES string of the molecule is Cc1ncc(C)c(-c2cc(C3CCC(c4c(C)cccc4F)CC3)c(=O)n(Cc3ncccc3C(F)(F)F)n2)n1. The van der Waals surface area contributed by atoms with Crippen molar-refractivity contribution in [1.29, 1.82) is 0 Å². The summed E-state index contributed by atoms with van der Waals surface area (Å²) in [6, 6.07) is 8.94. The van der Waals surface area contributed by atoms with Crippen molar-refractivity contribution in [3.63, 3.8) is 0 Å². The molecule has 0 atom stereocenters. The van der Waals surface area contributed by atoms with Gasteiger partial charge >= 0.3 is 6.18 Å². The van der Waals surface area contributed by atoms with E-state index in [1.54, 1.807) is 25.3 Å². The largest absolute Gasteiger partial charge is 0.418 e. The molecule has 0 amide bonds. The van der Waals surface area contributed by atoms with Crippen LogP contribution < -0.4 is 5.56 Å². The Bertz CT molecular complexity index is 1590. The first-order chi connectivity index (χ1) is 19.0. The summed E-state index contributed by atoms with van der Waals surface area (Å²) in [5.41, 5.74) is 2.04. The topological polar surface area (TPSA) is 73.6 Å². The highest BCUT2D eigenvalue weighted by molar-refractivity contribution is 5.58. The second kappa shape index (κ2) is 10.9. The van der Waals surface area contributed by atoms with E-state index in [0.717, 1.165) is 27.4 Å². The van der Waals surface area contributed by atoms with Gasteiger partial charge in [-0.05, 0) is 99.2 Å². The summed E-state index contributed by atoms with van der Waals surface area (Å²) >= 11 is 0. The highest BCUT2D eigenvalue weighted by Gasteiger charge is 2.34. The van der Waals surface area contributed by atoms with Gasteiger partial charge in [0, 0.05) is 18.0 Å². The van der Waals surface area contributed by atoms with Gasteiger partial charge in [0.2, 0.25) is 0 Å². The number of aryl methyl sites for hydroxylation is 3. The molecule has 3 aromatic heterocycles. The predicted molar refractivity (Wildman–Crippen MR) is 142 cm³/mol. The zero-order valence-electron chi connectivity index (χ0n) is 22.5. The lowest BCUT2D eigenvalue weighted by molar-refractivity contribution is -0.138. The molecular weight excluding hydrogens is 522 g/mol. The number of halogens is 4. The van der Waals surface area contributed by atoms with Gasteiger partial charge in [-0.2, -0.15) is 18.3 Å². The summed E-state index contributed by atoms with van der Waals surface area (Å²) in [4.78, 5) is 26.4. The van der Waals surface area contributed by atoms with Crippen molar-refractivity contribution in [2.45, 2.75) is 71.0 Å². The Hall–Kier alpha value is -3.95. The molecule has 0 spiro atoms. The van der Waals surface area contributed by atoms with E-state index in [4.69, 9.17) is 0 Å². The van der Waals surface area contributed by atoms with E-state index < -0.39 is 23.8 Å². The Balaban J connectivity index is 1.55. The van der Waals surface area contributed by atoms with Gasteiger partial charge in [0.25, 0.3) is 5.56 Å². The van der Waals surface area contributed by atoms with Crippen molar-refractivity contribution >= 4 is 0 Å². The Morgan fingerprint density at radius 2 is 1.68 bits per heavy atom. The number of benzene rings is 1. The summed E-state index contributed by atoms with van der Waals surface area (Å²) in [6.45, 7) is 5.00. The van der Waals surface area contributed by atoms with Gasteiger partial charge in [-0.25, -0.2) is 19.0 Å². The third kappa shape index (κ3) is 5.52. The van der Waals surface area contributed by atoms with Crippen molar-refractivity contribution in [1.82, 2.24) is 24.7 Å². The van der Waals surface area contributed by atoms with Crippen LogP contribution in [0.1, 0.15) is 76.9 Å². The molecule has 0 N–H and O–H groups in total. The first kappa shape index (κ1) is 27.6. The highest BCUT2D eigenvalue weighted by Crippen LogP contribution is 2.42. The lowest BCUT2D eigenvalue weighted by Crippen LogP contribution is -2.31. The van der Waals surface area contributed by atoms with Crippen molar-refractivity contribution < 1.29 is 17.6 Å². The smallest absolute Gasteiger partial charge is 0.267 e. The summed E-state index contributed by atoms with van der Waals surface area (Å²) < 4.78 is 56.8. The molecule has 40 heavy (non-hydrogen) atoms. The van der Waals surface area contributed by atoms with Crippen molar-refractivity contribution in [2.24, 2.45) is 0 Å². The van der Waals surface area contributed by atoms with Gasteiger partial charge in [-0.15, -0.1) is 0 Å². The molecule has 1 aromatic carbocycles. The van der Waals surface area contributed by atoms with Crippen LogP contribution in [0.15, 0.2) is 53.6 Å². The minimum Gasteiger partial charge on any atom is -0.267 e. The molecule has 0 bridgehead atoms. The third-order valence-corrected chi connectivity index (χ3v) is 7.68. The Morgan fingerprint density at radius 1 is 0.950 bits per heavy atom. The van der Waals surface area contributed by atoms with E-state index in [0.29, 0.717) is 48.5 Å². The molecule has 0 aliphatic heterocycles. The van der Waals surface area contributed by atoms with Gasteiger partial charge in [-0.1, -0.05) is 12.1 Å². The van der Waals surface area contributed by atoms with E-state index in [-0.39, 0.29) is 23.3 Å². The average molecular weight is 552 g/mol. The number of pyridine rings is 1. The van der Waals surface area contributed by atoms with Crippen LogP contribution in [0, 0.1) is 26.6 Å². The quantitative estimate of drug-likeness (QED) is 0.259. The van der Waals surface area contributed by atoms with Crippen molar-refractivity contribution in [3.8, 4) is 11.4 Å². The van der Waals surface area contributed by atoms with Gasteiger partial charge < -0.3 is 0 Å². The molecule has 1 fully saturated rings. The highest BCUT2D eigenvalue weighted by atomic mass is 19.4. The Morgan fingerprint density at radius 3 is 2.38 bits per heavy atom. The lowest BCUT2D eigenvalue weighted by atomic mass is 9.75. The lowest BCUT2D eigenvalue weighted by Gasteiger charge is -2.30. The molecule has 0 unspecified atom stereocenters. The summed E-state index contributed by atoms with van der Waals surface area (Å²) in [5.74, 6) is 0.169. The molecular formula is C30H29F4N5O. The maximum absolute atomic E-state index is 14.6. The maximum atomic E-state index is 14.6. The van der Waals surface area contributed by atoms with Crippen LogP contribution in [0.4, 0.5) is 17.6 Å². The average Bonchev–Trinajstić information content (AvgIpc) is 2.91. The molecule has 6 nitrogen and oxygen atoms in total. The zero-order chi connectivity index (χ0) is 28.6. The normalized spacial score (nSPS) is 17.7. The minimum atomic E-state index is -4.63. The first-order valence-corrected chi connectivity index (χ1v) is 13.2. The maximum Gasteiger partial charge on any atom is 0.418 e. The number of hydrogen-bond donors (Lipinski definition) is 0. The molecule has 208 valence electrons. The Labute approximate surface area is 229 Å². The van der Waals surface area contributed by atoms with E-state index in [9.17, 15) is 22.4 Å². The standard InChI is InChI=1S/C30H29F4N5O/c1-17-6-4-8-24(31)27(17)21-11-9-20(10-12-21)22-14-25(28-18(2)15-36-19(3)37-28)38-39(29(22)40)16-26-23(30(32,33)34)7-5-13-35-26/h4-8,13-15,20-21H,9-12,16H2,1-3H3. The van der Waals surface area contributed by atoms with Crippen molar-refractivity contribution in [3.05, 3.63) is 104 Å². The fourth-order valence-corrected chi connectivity index (χ4v) is 5.69. The number of hydrogen-bond acceptors (Lipinski definition) is 5. The number of alkyl halides is 3. The third-order valence-electron chi connectivity index (χ3n) is 7.68. The summed E-state index contributed by atoms with van der Waals surface area (Å²) in [5, 5.41) is 4.46. The fourth-order valence-electron chi connectivity index (χ4n) is 5.69. The van der Waals surface area contributed by atoms with Gasteiger partial charge in [-0.3, -0.25) is 9.78 Å². The molecule has 3 heterocycles. The fraction of sp³-hybridized carbons (Fsp3) is 0.367. The van der Waals surface area contributed by atoms with E-state index in [1.165, 1.54) is 18.3 Å². The first-order valence-electron chi connectivity index (χ1n) is 13.2. The van der Waals surface area contributed by atoms with Crippen LogP contribution in [-0.4, -0.2) is 24.7 Å². The van der Waals surface area contributed by atoms with Crippen LogP contribution in [-0.2, 0) is 12.7 Å². The van der Waals surface area contributed by atoms with Crippen LogP contribution in [0.3, 0.4) is 0 Å². The summed E-state index contributed by atoms with van der Waals surface area (Å²) in [7, 11) is 0. The number of nitrogens with zero attached hydrogens (tertiary/aromatic N) is 5. The molecule has 0 radical (unpaired) electrons. The molecule has 4 aromatic rings. The van der Waals surface area contributed by atoms with Gasteiger partial charge in [0.15, 0.2) is 0 Å². The van der Waals surface area contributed by atoms with Gasteiger partial charge in [0.1, 0.15) is 17.3 Å². The number of rotatable bonds is 5. The van der Waals surface area contributed by atoms with E-state index >= 15 is 0 Å². The number of aromatic nitrogens is 5. The zero-order valence-corrected chi connectivity index (χ0v) is 22.5. The molecule has 1 aliphatic rings. The minimum absolute atomic E-state index is 0.0376.